The molecule has 0 aliphatic heterocycles. The molecule has 0 aliphatic rings. The number of hydrogen-bond donors (Lipinski definition) is 3. The largest absolute Gasteiger partial charge is 0.399 e. The first-order valence-corrected chi connectivity index (χ1v) is 6.06. The van der Waals surface area contributed by atoms with Crippen molar-refractivity contribution in [1.29, 1.82) is 5.41 Å². The summed E-state index contributed by atoms with van der Waals surface area (Å²) in [6, 6.07) is 11.3. The molecule has 0 radical (unpaired) electrons. The third kappa shape index (κ3) is 4.28. The second kappa shape index (κ2) is 7.59. The van der Waals surface area contributed by atoms with Crippen molar-refractivity contribution in [2.75, 3.05) is 11.5 Å². The molecule has 2 rings (SSSR count). The van der Waals surface area contributed by atoms with Crippen molar-refractivity contribution in [3.8, 4) is 0 Å². The monoisotopic (exact) mass is 285 g/mol. The lowest BCUT2D eigenvalue weighted by molar-refractivity contribution is -0.104. The number of nitrogen functional groups attached to an aromatic ring is 2. The lowest BCUT2D eigenvalue weighted by atomic mass is 10.0. The maximum Gasteiger partial charge on any atom is 0.146 e. The van der Waals surface area contributed by atoms with Gasteiger partial charge in [-0.3, -0.25) is 10.2 Å². The maximum absolute atomic E-state index is 13.3. The Hall–Kier alpha value is -2.95. The Morgan fingerprint density at radius 1 is 1.19 bits per heavy atom. The van der Waals surface area contributed by atoms with Gasteiger partial charge in [-0.05, 0) is 24.3 Å². The number of hydrogen-bond acceptors (Lipinski definition) is 4. The summed E-state index contributed by atoms with van der Waals surface area (Å²) in [4.78, 5) is 9.06. The highest BCUT2D eigenvalue weighted by Gasteiger charge is 2.11. The third-order valence-corrected chi connectivity index (χ3v) is 2.59. The van der Waals surface area contributed by atoms with Gasteiger partial charge in [-0.25, -0.2) is 4.39 Å². The summed E-state index contributed by atoms with van der Waals surface area (Å²) >= 11 is 0. The molecule has 5 N–H and O–H groups in total. The Labute approximate surface area is 122 Å². The van der Waals surface area contributed by atoms with Crippen LogP contribution in [-0.4, -0.2) is 12.0 Å². The highest BCUT2D eigenvalue weighted by atomic mass is 19.1. The number of rotatable bonds is 3. The smallest absolute Gasteiger partial charge is 0.146 e. The fourth-order valence-corrected chi connectivity index (χ4v) is 1.60. The minimum absolute atomic E-state index is 0.0140. The molecule has 0 fully saturated rings. The summed E-state index contributed by atoms with van der Waals surface area (Å²) < 4.78 is 13.3. The fraction of sp³-hybridized carbons (Fsp3) is 0. The number of para-hydroxylation sites is 1. The average Bonchev–Trinajstić information content (AvgIpc) is 2.49. The van der Waals surface area contributed by atoms with Crippen LogP contribution in [0.15, 0.2) is 55.1 Å². The molecule has 0 unspecified atom stereocenters. The highest BCUT2D eigenvalue weighted by Crippen LogP contribution is 2.20. The van der Waals surface area contributed by atoms with Crippen molar-refractivity contribution < 1.29 is 9.18 Å². The predicted octanol–water partition coefficient (Wildman–Crippen LogP) is 2.78. The van der Waals surface area contributed by atoms with Crippen LogP contribution in [0, 0.1) is 11.2 Å². The van der Waals surface area contributed by atoms with Crippen LogP contribution in [0.3, 0.4) is 0 Å². The van der Waals surface area contributed by atoms with E-state index in [0.717, 1.165) is 0 Å². The summed E-state index contributed by atoms with van der Waals surface area (Å²) in [6.07, 6.45) is 1.83. The van der Waals surface area contributed by atoms with E-state index in [4.69, 9.17) is 21.7 Å². The normalized spacial score (nSPS) is 9.19. The van der Waals surface area contributed by atoms with Gasteiger partial charge in [-0.15, -0.1) is 0 Å². The van der Waals surface area contributed by atoms with Gasteiger partial charge in [0.2, 0.25) is 0 Å². The molecule has 0 saturated carbocycles. The van der Waals surface area contributed by atoms with Gasteiger partial charge in [0.25, 0.3) is 0 Å². The number of benzene rings is 2. The molecule has 0 spiro atoms. The fourth-order valence-electron chi connectivity index (χ4n) is 1.60. The van der Waals surface area contributed by atoms with Gasteiger partial charge in [0.05, 0.1) is 11.4 Å². The molecule has 0 bridgehead atoms. The minimum atomic E-state index is -0.517. The Morgan fingerprint density at radius 3 is 2.38 bits per heavy atom. The number of carbonyl (C=O) groups excluding carboxylic acids is 1. The van der Waals surface area contributed by atoms with E-state index in [9.17, 15) is 4.39 Å². The van der Waals surface area contributed by atoms with Crippen molar-refractivity contribution in [3.05, 3.63) is 72.1 Å². The molecular weight excluding hydrogens is 269 g/mol. The second-order valence-electron chi connectivity index (χ2n) is 4.07. The first-order chi connectivity index (χ1) is 10.0. The lowest BCUT2D eigenvalue weighted by Crippen LogP contribution is -2.07. The third-order valence-electron chi connectivity index (χ3n) is 2.59. The van der Waals surface area contributed by atoms with E-state index in [1.54, 1.807) is 30.3 Å². The van der Waals surface area contributed by atoms with Gasteiger partial charge in [-0.2, -0.15) is 0 Å². The number of nitrogens with one attached hydrogen (secondary N) is 1. The van der Waals surface area contributed by atoms with Gasteiger partial charge in [0.1, 0.15) is 12.1 Å². The summed E-state index contributed by atoms with van der Waals surface area (Å²) in [6.45, 7) is 3.11. The molecule has 0 saturated heterocycles. The zero-order valence-corrected chi connectivity index (χ0v) is 11.3. The summed E-state index contributed by atoms with van der Waals surface area (Å²) in [5, 5.41) is 8.00. The van der Waals surface area contributed by atoms with E-state index < -0.39 is 5.82 Å². The first-order valence-electron chi connectivity index (χ1n) is 6.06. The number of aldehydes is 1. The minimum Gasteiger partial charge on any atom is -0.399 e. The zero-order valence-electron chi connectivity index (χ0n) is 11.3. The second-order valence-corrected chi connectivity index (χ2v) is 4.07. The molecule has 2 aromatic rings. The van der Waals surface area contributed by atoms with Crippen molar-refractivity contribution in [2.45, 2.75) is 0 Å². The SMILES string of the molecule is C=CC=O.N=C(c1cccc(N)c1)c1cccc(F)c1N. The van der Waals surface area contributed by atoms with Crippen LogP contribution in [0.4, 0.5) is 15.8 Å². The van der Waals surface area contributed by atoms with Crippen LogP contribution in [0.1, 0.15) is 11.1 Å². The molecule has 2 aromatic carbocycles. The Morgan fingerprint density at radius 2 is 1.81 bits per heavy atom. The molecular formula is C16H16FN3O. The van der Waals surface area contributed by atoms with E-state index >= 15 is 0 Å². The zero-order chi connectivity index (χ0) is 15.8. The van der Waals surface area contributed by atoms with Gasteiger partial charge in [0.15, 0.2) is 0 Å². The van der Waals surface area contributed by atoms with Crippen LogP contribution in [-0.2, 0) is 4.79 Å². The number of allylic oxidation sites excluding steroid dienone is 1. The predicted molar refractivity (Wildman–Crippen MR) is 83.9 cm³/mol. The van der Waals surface area contributed by atoms with E-state index in [1.165, 1.54) is 18.2 Å². The molecule has 0 aromatic heterocycles. The van der Waals surface area contributed by atoms with Crippen molar-refractivity contribution >= 4 is 23.4 Å². The van der Waals surface area contributed by atoms with Crippen LogP contribution in [0.25, 0.3) is 0 Å². The van der Waals surface area contributed by atoms with Crippen LogP contribution in [0.5, 0.6) is 0 Å². The molecule has 5 heteroatoms. The molecule has 108 valence electrons. The number of halogens is 1. The standard InChI is InChI=1S/C13H12FN3.C3H4O/c14-11-6-2-5-10(13(11)17)12(16)8-3-1-4-9(15)7-8;1-2-3-4/h1-7,16H,15,17H2;2-3H,1H2. The maximum atomic E-state index is 13.3. The lowest BCUT2D eigenvalue weighted by Gasteiger charge is -2.08. The Balaban J connectivity index is 0.000000491. The van der Waals surface area contributed by atoms with Gasteiger partial charge in [0, 0.05) is 16.8 Å². The van der Waals surface area contributed by atoms with Gasteiger partial charge >= 0.3 is 0 Å². The van der Waals surface area contributed by atoms with Crippen molar-refractivity contribution in [2.24, 2.45) is 0 Å². The quantitative estimate of drug-likeness (QED) is 0.350. The summed E-state index contributed by atoms with van der Waals surface area (Å²) in [5.74, 6) is -0.517. The molecule has 4 nitrogen and oxygen atoms in total. The van der Waals surface area contributed by atoms with Crippen molar-refractivity contribution in [1.82, 2.24) is 0 Å². The molecule has 0 aliphatic carbocycles. The highest BCUT2D eigenvalue weighted by molar-refractivity contribution is 6.14. The first kappa shape index (κ1) is 16.1. The molecule has 0 atom stereocenters. The Kier molecular flexibility index (Phi) is 5.82. The average molecular weight is 285 g/mol. The molecule has 21 heavy (non-hydrogen) atoms. The van der Waals surface area contributed by atoms with E-state index in [2.05, 4.69) is 6.58 Å². The van der Waals surface area contributed by atoms with Crippen LogP contribution < -0.4 is 11.5 Å². The van der Waals surface area contributed by atoms with Gasteiger partial charge in [-0.1, -0.05) is 30.8 Å². The van der Waals surface area contributed by atoms with E-state index in [-0.39, 0.29) is 11.4 Å². The molecule has 0 amide bonds. The van der Waals surface area contributed by atoms with Crippen molar-refractivity contribution in [3.63, 3.8) is 0 Å². The summed E-state index contributed by atoms with van der Waals surface area (Å²) in [5.41, 5.74) is 12.9. The van der Waals surface area contributed by atoms with E-state index in [0.29, 0.717) is 23.1 Å². The van der Waals surface area contributed by atoms with Gasteiger partial charge < -0.3 is 11.5 Å². The number of anilines is 2. The topological polar surface area (TPSA) is 93.0 Å². The van der Waals surface area contributed by atoms with E-state index in [1.807, 2.05) is 0 Å². The number of nitrogens with two attached hydrogens (primary N) is 2. The van der Waals surface area contributed by atoms with Crippen LogP contribution >= 0.6 is 0 Å². The Bertz CT molecular complexity index is 662. The number of carbonyl (C=O) groups is 1. The summed E-state index contributed by atoms with van der Waals surface area (Å²) in [7, 11) is 0. The molecule has 0 heterocycles. The van der Waals surface area contributed by atoms with Crippen LogP contribution in [0.2, 0.25) is 0 Å².